The topological polar surface area (TPSA) is 94.9 Å². The average Bonchev–Trinajstić information content (AvgIpc) is 2.34. The Balaban J connectivity index is 3.29. The van der Waals surface area contributed by atoms with E-state index in [2.05, 4.69) is 0 Å². The van der Waals surface area contributed by atoms with E-state index in [1.54, 1.807) is 6.92 Å². The van der Waals surface area contributed by atoms with Gasteiger partial charge in [0, 0.05) is 13.1 Å². The van der Waals surface area contributed by atoms with Crippen LogP contribution in [0, 0.1) is 5.82 Å². The van der Waals surface area contributed by atoms with Gasteiger partial charge in [0.05, 0.1) is 16.1 Å². The molecular weight excluding hydrogens is 301 g/mol. The summed E-state index contributed by atoms with van der Waals surface area (Å²) in [6.45, 7) is 4.43. The highest BCUT2D eigenvalue weighted by Gasteiger charge is 2.29. The molecule has 0 fully saturated rings. The van der Waals surface area contributed by atoms with Gasteiger partial charge in [0.25, 0.3) is 0 Å². The highest BCUT2D eigenvalue weighted by atomic mass is 32.2. The second kappa shape index (κ2) is 6.08. The number of nitrogens with zero attached hydrogens (tertiary/aromatic N) is 1. The molecule has 0 aliphatic carbocycles. The molecule has 21 heavy (non-hydrogen) atoms. The molecule has 0 heterocycles. The maximum absolute atomic E-state index is 13.3. The summed E-state index contributed by atoms with van der Waals surface area (Å²) in [5.74, 6) is -2.55. The van der Waals surface area contributed by atoms with Gasteiger partial charge in [-0.1, -0.05) is 6.92 Å². The zero-order valence-electron chi connectivity index (χ0n) is 12.0. The second-order valence-corrected chi connectivity index (χ2v) is 7.13. The number of aromatic carboxylic acids is 1. The van der Waals surface area contributed by atoms with Gasteiger partial charge in [0.1, 0.15) is 5.82 Å². The molecule has 0 unspecified atom stereocenters. The molecule has 1 aromatic carbocycles. The van der Waals surface area contributed by atoms with Crippen molar-refractivity contribution in [2.45, 2.75) is 31.3 Å². The van der Waals surface area contributed by atoms with E-state index < -0.39 is 33.0 Å². The Morgan fingerprint density at radius 3 is 2.38 bits per heavy atom. The van der Waals surface area contributed by atoms with Gasteiger partial charge in [-0.25, -0.2) is 17.6 Å². The fourth-order valence-electron chi connectivity index (χ4n) is 1.78. The lowest BCUT2D eigenvalue weighted by Crippen LogP contribution is -2.42. The van der Waals surface area contributed by atoms with Crippen LogP contribution in [0.5, 0.6) is 0 Å². The van der Waals surface area contributed by atoms with Crippen molar-refractivity contribution in [3.63, 3.8) is 0 Å². The normalized spacial score (nSPS) is 12.7. The van der Waals surface area contributed by atoms with Gasteiger partial charge in [-0.2, -0.15) is 4.31 Å². The predicted octanol–water partition coefficient (Wildman–Crippen LogP) is 1.31. The van der Waals surface area contributed by atoms with Crippen molar-refractivity contribution in [1.82, 2.24) is 4.31 Å². The lowest BCUT2D eigenvalue weighted by atomic mass is 10.1. The Hall–Kier alpha value is -1.51. The minimum atomic E-state index is -4.01. The van der Waals surface area contributed by atoms with Crippen LogP contribution in [0.2, 0.25) is 0 Å². The number of likely N-dealkylation sites (N-methyl/N-ethyl adjacent to an activating group) is 1. The predicted molar refractivity (Wildman–Crippen MR) is 74.1 cm³/mol. The number of aliphatic hydroxyl groups is 1. The first-order valence-electron chi connectivity index (χ1n) is 6.24. The van der Waals surface area contributed by atoms with E-state index >= 15 is 0 Å². The molecule has 1 aromatic rings. The SMILES string of the molecule is CCN(CC(C)(C)O)S(=O)(=O)c1ccc(F)c(C(=O)O)c1. The summed E-state index contributed by atoms with van der Waals surface area (Å²) < 4.78 is 39.2. The molecule has 0 atom stereocenters. The molecule has 0 saturated heterocycles. The van der Waals surface area contributed by atoms with Crippen molar-refractivity contribution in [3.05, 3.63) is 29.6 Å². The maximum atomic E-state index is 13.3. The molecule has 0 aliphatic heterocycles. The van der Waals surface area contributed by atoms with Crippen molar-refractivity contribution in [1.29, 1.82) is 0 Å². The summed E-state index contributed by atoms with van der Waals surface area (Å²) in [5.41, 5.74) is -1.96. The Morgan fingerprint density at radius 1 is 1.38 bits per heavy atom. The molecule has 6 nitrogen and oxygen atoms in total. The van der Waals surface area contributed by atoms with Crippen molar-refractivity contribution in [2.75, 3.05) is 13.1 Å². The van der Waals surface area contributed by atoms with Crippen LogP contribution in [0.1, 0.15) is 31.1 Å². The van der Waals surface area contributed by atoms with Crippen LogP contribution in [0.25, 0.3) is 0 Å². The zero-order chi connectivity index (χ0) is 16.4. The van der Waals surface area contributed by atoms with Gasteiger partial charge in [-0.05, 0) is 32.0 Å². The van der Waals surface area contributed by atoms with E-state index in [4.69, 9.17) is 5.11 Å². The molecule has 0 bridgehead atoms. The lowest BCUT2D eigenvalue weighted by Gasteiger charge is -2.27. The van der Waals surface area contributed by atoms with Gasteiger partial charge < -0.3 is 10.2 Å². The van der Waals surface area contributed by atoms with Crippen molar-refractivity contribution < 1.29 is 27.8 Å². The van der Waals surface area contributed by atoms with Crippen LogP contribution < -0.4 is 0 Å². The van der Waals surface area contributed by atoms with Crippen LogP contribution in [0.4, 0.5) is 4.39 Å². The number of carboxylic acid groups (broad SMARTS) is 1. The molecule has 0 aromatic heterocycles. The zero-order valence-corrected chi connectivity index (χ0v) is 12.8. The quantitative estimate of drug-likeness (QED) is 0.824. The van der Waals surface area contributed by atoms with Crippen LogP contribution in [0.3, 0.4) is 0 Å². The average molecular weight is 319 g/mol. The molecule has 2 N–H and O–H groups in total. The Bertz CT molecular complexity index is 636. The minimum Gasteiger partial charge on any atom is -0.478 e. The van der Waals surface area contributed by atoms with Gasteiger partial charge in [0.2, 0.25) is 10.0 Å². The second-order valence-electron chi connectivity index (χ2n) is 5.19. The molecule has 0 saturated carbocycles. The van der Waals surface area contributed by atoms with E-state index in [1.807, 2.05) is 0 Å². The van der Waals surface area contributed by atoms with Crippen LogP contribution in [-0.2, 0) is 10.0 Å². The number of halogens is 1. The summed E-state index contributed by atoms with van der Waals surface area (Å²) in [7, 11) is -4.01. The first-order chi connectivity index (χ1) is 9.49. The number of hydrogen-bond donors (Lipinski definition) is 2. The first kappa shape index (κ1) is 17.5. The summed E-state index contributed by atoms with van der Waals surface area (Å²) in [6.07, 6.45) is 0. The lowest BCUT2D eigenvalue weighted by molar-refractivity contribution is 0.0600. The van der Waals surface area contributed by atoms with E-state index in [-0.39, 0.29) is 18.0 Å². The van der Waals surface area contributed by atoms with Gasteiger partial charge >= 0.3 is 5.97 Å². The summed E-state index contributed by atoms with van der Waals surface area (Å²) in [6, 6.07) is 2.58. The summed E-state index contributed by atoms with van der Waals surface area (Å²) in [4.78, 5) is 10.6. The maximum Gasteiger partial charge on any atom is 0.338 e. The summed E-state index contributed by atoms with van der Waals surface area (Å²) >= 11 is 0. The Kier molecular flexibility index (Phi) is 5.08. The largest absolute Gasteiger partial charge is 0.478 e. The van der Waals surface area contributed by atoms with E-state index in [1.165, 1.54) is 13.8 Å². The monoisotopic (exact) mass is 319 g/mol. The smallest absolute Gasteiger partial charge is 0.338 e. The molecule has 0 aliphatic rings. The van der Waals surface area contributed by atoms with Crippen LogP contribution in [-0.4, -0.2) is 47.6 Å². The number of benzene rings is 1. The number of rotatable bonds is 6. The van der Waals surface area contributed by atoms with Crippen molar-refractivity contribution in [2.24, 2.45) is 0 Å². The van der Waals surface area contributed by atoms with Gasteiger partial charge in [-0.15, -0.1) is 0 Å². The third-order valence-electron chi connectivity index (χ3n) is 2.72. The van der Waals surface area contributed by atoms with E-state index in [0.29, 0.717) is 0 Å². The van der Waals surface area contributed by atoms with Crippen molar-refractivity contribution in [3.8, 4) is 0 Å². The molecule has 118 valence electrons. The van der Waals surface area contributed by atoms with Gasteiger partial charge in [-0.3, -0.25) is 0 Å². The first-order valence-corrected chi connectivity index (χ1v) is 7.68. The van der Waals surface area contributed by atoms with Crippen LogP contribution in [0.15, 0.2) is 23.1 Å². The van der Waals surface area contributed by atoms with E-state index in [0.717, 1.165) is 22.5 Å². The fourth-order valence-corrected chi connectivity index (χ4v) is 3.41. The number of carboxylic acids is 1. The highest BCUT2D eigenvalue weighted by molar-refractivity contribution is 7.89. The van der Waals surface area contributed by atoms with Gasteiger partial charge in [0.15, 0.2) is 0 Å². The molecular formula is C13H18FNO5S. The fraction of sp³-hybridized carbons (Fsp3) is 0.462. The highest BCUT2D eigenvalue weighted by Crippen LogP contribution is 2.21. The Labute approximate surface area is 122 Å². The minimum absolute atomic E-state index is 0.0894. The van der Waals surface area contributed by atoms with Crippen LogP contribution >= 0.6 is 0 Å². The van der Waals surface area contributed by atoms with E-state index in [9.17, 15) is 22.7 Å². The molecule has 1 rings (SSSR count). The molecule has 0 amide bonds. The third kappa shape index (κ3) is 4.23. The van der Waals surface area contributed by atoms with Crippen molar-refractivity contribution >= 4 is 16.0 Å². The number of hydrogen-bond acceptors (Lipinski definition) is 4. The molecule has 0 radical (unpaired) electrons. The standard InChI is InChI=1S/C13H18FNO5S/c1-4-15(8-13(2,3)18)21(19,20)9-5-6-11(14)10(7-9)12(16)17/h5-7,18H,4,8H2,1-3H3,(H,16,17). The molecule has 0 spiro atoms. The summed E-state index contributed by atoms with van der Waals surface area (Å²) in [5, 5.41) is 18.6. The Morgan fingerprint density at radius 2 is 1.95 bits per heavy atom. The number of sulfonamides is 1. The molecule has 8 heteroatoms. The third-order valence-corrected chi connectivity index (χ3v) is 4.64. The number of carbonyl (C=O) groups is 1.